The van der Waals surface area contributed by atoms with Crippen LogP contribution in [0.4, 0.5) is 22.0 Å². The van der Waals surface area contributed by atoms with E-state index in [0.29, 0.717) is 0 Å². The SMILES string of the molecule is CS(=O)(=O)c1ncc(C(=O)COc2ccnc(C(F)(F)F)n2)c(C2CCN(C(=O)Cc3c(F)cccc3F)CC2)n1. The number of amides is 1. The zero-order valence-corrected chi connectivity index (χ0v) is 22.2. The van der Waals surface area contributed by atoms with Crippen molar-refractivity contribution in [3.8, 4) is 5.88 Å². The normalized spacial score (nSPS) is 14.6. The van der Waals surface area contributed by atoms with E-state index in [-0.39, 0.29) is 42.8 Å². The maximum atomic E-state index is 14.0. The first-order valence-electron chi connectivity index (χ1n) is 12.1. The summed E-state index contributed by atoms with van der Waals surface area (Å²) in [6.07, 6.45) is -2.15. The average Bonchev–Trinajstić information content (AvgIpc) is 2.92. The maximum absolute atomic E-state index is 14.0. The number of piperidine rings is 1. The Bertz CT molecular complexity index is 1560. The predicted molar refractivity (Wildman–Crippen MR) is 131 cm³/mol. The molecule has 2 aromatic heterocycles. The quantitative estimate of drug-likeness (QED) is 0.218. The second-order valence-corrected chi connectivity index (χ2v) is 11.1. The van der Waals surface area contributed by atoms with Crippen LogP contribution >= 0.6 is 0 Å². The second kappa shape index (κ2) is 11.8. The van der Waals surface area contributed by atoms with Crippen molar-refractivity contribution in [3.63, 3.8) is 0 Å². The van der Waals surface area contributed by atoms with E-state index in [2.05, 4.69) is 19.9 Å². The third-order valence-corrected chi connectivity index (χ3v) is 7.15. The number of benzene rings is 1. The standard InChI is InChI=1S/C25H22F5N5O5S/c1-41(38,39)24-32-12-16(19(36)13-40-20-5-8-31-23(33-20)25(28,29)30)22(34-24)14-6-9-35(10-7-14)21(37)11-15-17(26)3-2-4-18(15)27/h2-5,8,12,14H,6-7,9-11,13H2,1H3. The molecule has 41 heavy (non-hydrogen) atoms. The minimum absolute atomic E-state index is 0.0694. The van der Waals surface area contributed by atoms with Crippen LogP contribution in [0, 0.1) is 11.6 Å². The summed E-state index contributed by atoms with van der Waals surface area (Å²) in [5.74, 6) is -5.42. The molecular weight excluding hydrogens is 577 g/mol. The van der Waals surface area contributed by atoms with Crippen molar-refractivity contribution in [2.45, 2.75) is 36.5 Å². The van der Waals surface area contributed by atoms with Gasteiger partial charge in [0.2, 0.25) is 38.4 Å². The Morgan fingerprint density at radius 1 is 1.05 bits per heavy atom. The summed E-state index contributed by atoms with van der Waals surface area (Å²) < 4.78 is 95.9. The monoisotopic (exact) mass is 599 g/mol. The van der Waals surface area contributed by atoms with Crippen LogP contribution < -0.4 is 4.74 Å². The smallest absolute Gasteiger partial charge is 0.451 e. The summed E-state index contributed by atoms with van der Waals surface area (Å²) in [6.45, 7) is -0.499. The number of likely N-dealkylation sites (tertiary alicyclic amines) is 1. The molecule has 10 nitrogen and oxygen atoms in total. The summed E-state index contributed by atoms with van der Waals surface area (Å²) in [5, 5.41) is -0.538. The lowest BCUT2D eigenvalue weighted by molar-refractivity contribution is -0.145. The number of halogens is 5. The lowest BCUT2D eigenvalue weighted by Crippen LogP contribution is -2.39. The first-order valence-corrected chi connectivity index (χ1v) is 14.0. The van der Waals surface area contributed by atoms with Gasteiger partial charge in [0.15, 0.2) is 6.61 Å². The molecule has 16 heteroatoms. The van der Waals surface area contributed by atoms with Crippen molar-refractivity contribution in [2.75, 3.05) is 26.0 Å². The Morgan fingerprint density at radius 2 is 1.71 bits per heavy atom. The molecule has 0 aliphatic carbocycles. The van der Waals surface area contributed by atoms with Gasteiger partial charge in [0.1, 0.15) is 11.6 Å². The van der Waals surface area contributed by atoms with Crippen LogP contribution in [0.3, 0.4) is 0 Å². The number of sulfone groups is 1. The largest absolute Gasteiger partial charge is 0.469 e. The number of rotatable bonds is 8. The van der Waals surface area contributed by atoms with E-state index in [1.807, 2.05) is 0 Å². The topological polar surface area (TPSA) is 132 Å². The van der Waals surface area contributed by atoms with Gasteiger partial charge in [-0.1, -0.05) is 6.07 Å². The molecule has 1 aromatic carbocycles. The molecule has 0 bridgehead atoms. The van der Waals surface area contributed by atoms with Gasteiger partial charge in [-0.15, -0.1) is 0 Å². The number of aromatic nitrogens is 4. The van der Waals surface area contributed by atoms with Gasteiger partial charge in [-0.3, -0.25) is 9.59 Å². The molecule has 0 N–H and O–H groups in total. The molecule has 1 saturated heterocycles. The second-order valence-electron chi connectivity index (χ2n) is 9.18. The van der Waals surface area contributed by atoms with E-state index in [4.69, 9.17) is 4.74 Å². The fourth-order valence-corrected chi connectivity index (χ4v) is 4.73. The minimum Gasteiger partial charge on any atom is -0.469 e. The van der Waals surface area contributed by atoms with Crippen molar-refractivity contribution in [3.05, 3.63) is 70.9 Å². The van der Waals surface area contributed by atoms with Crippen LogP contribution in [-0.2, 0) is 27.2 Å². The fraction of sp³-hybridized carbons (Fsp3) is 0.360. The first kappa shape index (κ1) is 29.9. The third-order valence-electron chi connectivity index (χ3n) is 6.29. The van der Waals surface area contributed by atoms with Gasteiger partial charge in [-0.05, 0) is 25.0 Å². The molecule has 4 rings (SSSR count). The number of hydrogen-bond acceptors (Lipinski definition) is 9. The van der Waals surface area contributed by atoms with Gasteiger partial charge in [0.25, 0.3) is 0 Å². The summed E-state index contributed by atoms with van der Waals surface area (Å²) in [7, 11) is -3.87. The first-order chi connectivity index (χ1) is 19.2. The summed E-state index contributed by atoms with van der Waals surface area (Å²) in [6, 6.07) is 4.32. The highest BCUT2D eigenvalue weighted by molar-refractivity contribution is 7.90. The van der Waals surface area contributed by atoms with Crippen molar-refractivity contribution >= 4 is 21.5 Å². The summed E-state index contributed by atoms with van der Waals surface area (Å²) in [5.41, 5.74) is -0.396. The molecule has 0 unspecified atom stereocenters. The van der Waals surface area contributed by atoms with E-state index in [1.165, 1.54) is 11.0 Å². The van der Waals surface area contributed by atoms with Crippen molar-refractivity contribution in [1.29, 1.82) is 0 Å². The molecule has 1 aliphatic heterocycles. The van der Waals surface area contributed by atoms with Crippen LogP contribution in [0.5, 0.6) is 5.88 Å². The van der Waals surface area contributed by atoms with E-state index in [9.17, 15) is 40.0 Å². The molecule has 1 aliphatic rings. The Hall–Kier alpha value is -4.08. The Balaban J connectivity index is 1.50. The molecule has 1 fully saturated rings. The van der Waals surface area contributed by atoms with E-state index >= 15 is 0 Å². The van der Waals surface area contributed by atoms with Gasteiger partial charge in [-0.25, -0.2) is 32.2 Å². The highest BCUT2D eigenvalue weighted by Crippen LogP contribution is 2.31. The van der Waals surface area contributed by atoms with E-state index < -0.39 is 75.1 Å². The third kappa shape index (κ3) is 7.17. The number of alkyl halides is 3. The van der Waals surface area contributed by atoms with Gasteiger partial charge in [0, 0.05) is 49.3 Å². The minimum atomic E-state index is -4.83. The predicted octanol–water partition coefficient (Wildman–Crippen LogP) is 3.18. The van der Waals surface area contributed by atoms with Crippen LogP contribution in [0.15, 0.2) is 41.8 Å². The lowest BCUT2D eigenvalue weighted by Gasteiger charge is -2.32. The van der Waals surface area contributed by atoms with Crippen LogP contribution in [0.25, 0.3) is 0 Å². The summed E-state index contributed by atoms with van der Waals surface area (Å²) >= 11 is 0. The Morgan fingerprint density at radius 3 is 2.32 bits per heavy atom. The molecular formula is C25H22F5N5O5S. The van der Waals surface area contributed by atoms with Gasteiger partial charge in [0.05, 0.1) is 17.7 Å². The van der Waals surface area contributed by atoms with Crippen molar-refractivity contribution in [2.24, 2.45) is 0 Å². The molecule has 1 amide bonds. The number of Topliss-reactive ketones (excluding diaryl/α,β-unsaturated/α-hetero) is 1. The lowest BCUT2D eigenvalue weighted by atomic mass is 9.89. The van der Waals surface area contributed by atoms with Crippen molar-refractivity contribution < 1.29 is 44.7 Å². The number of carbonyl (C=O) groups is 2. The molecule has 3 heterocycles. The van der Waals surface area contributed by atoms with E-state index in [1.54, 1.807) is 0 Å². The maximum Gasteiger partial charge on any atom is 0.451 e. The number of ether oxygens (including phenoxy) is 1. The highest BCUT2D eigenvalue weighted by Gasteiger charge is 2.35. The molecule has 218 valence electrons. The fourth-order valence-electron chi connectivity index (χ4n) is 4.23. The molecule has 0 atom stereocenters. The zero-order valence-electron chi connectivity index (χ0n) is 21.4. The van der Waals surface area contributed by atoms with Crippen LogP contribution in [0.1, 0.15) is 46.2 Å². The molecule has 0 saturated carbocycles. The Labute approximate surface area is 230 Å². The number of carbonyl (C=O) groups excluding carboxylic acids is 2. The van der Waals surface area contributed by atoms with Gasteiger partial charge >= 0.3 is 6.18 Å². The number of ketones is 1. The molecule has 3 aromatic rings. The van der Waals surface area contributed by atoms with E-state index in [0.717, 1.165) is 36.8 Å². The Kier molecular flexibility index (Phi) is 8.60. The van der Waals surface area contributed by atoms with Gasteiger partial charge in [-0.2, -0.15) is 18.2 Å². The zero-order chi connectivity index (χ0) is 29.9. The van der Waals surface area contributed by atoms with Crippen LogP contribution in [-0.4, -0.2) is 70.9 Å². The number of nitrogens with zero attached hydrogens (tertiary/aromatic N) is 5. The van der Waals surface area contributed by atoms with Crippen LogP contribution in [0.2, 0.25) is 0 Å². The molecule has 0 spiro atoms. The molecule has 0 radical (unpaired) electrons. The average molecular weight is 600 g/mol. The van der Waals surface area contributed by atoms with Crippen molar-refractivity contribution in [1.82, 2.24) is 24.8 Å². The van der Waals surface area contributed by atoms with Gasteiger partial charge < -0.3 is 9.64 Å². The number of hydrogen-bond donors (Lipinski definition) is 0. The summed E-state index contributed by atoms with van der Waals surface area (Å²) in [4.78, 5) is 41.3. The highest BCUT2D eigenvalue weighted by atomic mass is 32.2.